The van der Waals surface area contributed by atoms with Crippen molar-refractivity contribution in [2.75, 3.05) is 6.54 Å². The standard InChI is InChI=1S/C16H24F3N3O/c1-15(2,3)14(23)22-9-7-5-6-8-11(22)12-10-13(16(17,18)19)20-21(12)4/h10-11H,5-9H2,1-4H3/t11-/m0/s1. The van der Waals surface area contributed by atoms with Gasteiger partial charge in [-0.2, -0.15) is 18.3 Å². The van der Waals surface area contributed by atoms with E-state index >= 15 is 0 Å². The predicted molar refractivity (Wildman–Crippen MR) is 80.6 cm³/mol. The van der Waals surface area contributed by atoms with Gasteiger partial charge in [0.05, 0.1) is 11.7 Å². The molecule has 23 heavy (non-hydrogen) atoms. The van der Waals surface area contributed by atoms with E-state index in [0.29, 0.717) is 18.7 Å². The highest BCUT2D eigenvalue weighted by Crippen LogP contribution is 2.36. The second-order valence-corrected chi connectivity index (χ2v) is 7.19. The van der Waals surface area contributed by atoms with Crippen LogP contribution in [0.25, 0.3) is 0 Å². The van der Waals surface area contributed by atoms with E-state index in [2.05, 4.69) is 5.10 Å². The smallest absolute Gasteiger partial charge is 0.334 e. The van der Waals surface area contributed by atoms with E-state index in [9.17, 15) is 18.0 Å². The summed E-state index contributed by atoms with van der Waals surface area (Å²) in [6.07, 6.45) is -1.06. The van der Waals surface area contributed by atoms with Crippen LogP contribution in [0.4, 0.5) is 13.2 Å². The second-order valence-electron chi connectivity index (χ2n) is 7.19. The largest absolute Gasteiger partial charge is 0.435 e. The molecular weight excluding hydrogens is 307 g/mol. The Morgan fingerprint density at radius 1 is 1.22 bits per heavy atom. The summed E-state index contributed by atoms with van der Waals surface area (Å²) in [5.74, 6) is -0.0286. The monoisotopic (exact) mass is 331 g/mol. The van der Waals surface area contributed by atoms with Crippen molar-refractivity contribution >= 4 is 5.91 Å². The maximum atomic E-state index is 12.9. The van der Waals surface area contributed by atoms with Crippen LogP contribution in [-0.2, 0) is 18.0 Å². The molecule has 0 radical (unpaired) electrons. The van der Waals surface area contributed by atoms with E-state index in [4.69, 9.17) is 0 Å². The van der Waals surface area contributed by atoms with Crippen LogP contribution in [-0.4, -0.2) is 27.1 Å². The number of alkyl halides is 3. The van der Waals surface area contributed by atoms with E-state index in [1.807, 2.05) is 20.8 Å². The highest BCUT2D eigenvalue weighted by atomic mass is 19.4. The summed E-state index contributed by atoms with van der Waals surface area (Å²) in [6.45, 7) is 6.08. The first-order chi connectivity index (χ1) is 10.5. The summed E-state index contributed by atoms with van der Waals surface area (Å²) in [6, 6.07) is 0.733. The Hall–Kier alpha value is -1.53. The van der Waals surface area contributed by atoms with Gasteiger partial charge in [-0.05, 0) is 18.9 Å². The molecule has 0 bridgehead atoms. The molecule has 1 aliphatic rings. The quantitative estimate of drug-likeness (QED) is 0.782. The number of halogens is 3. The molecule has 1 aliphatic heterocycles. The van der Waals surface area contributed by atoms with Crippen LogP contribution in [0.15, 0.2) is 6.07 Å². The molecule has 1 fully saturated rings. The van der Waals surface area contributed by atoms with E-state index in [1.54, 1.807) is 4.90 Å². The molecule has 0 spiro atoms. The van der Waals surface area contributed by atoms with Gasteiger partial charge in [0.1, 0.15) is 0 Å². The van der Waals surface area contributed by atoms with Gasteiger partial charge in [0.15, 0.2) is 5.69 Å². The molecule has 0 N–H and O–H groups in total. The van der Waals surface area contributed by atoms with Crippen molar-refractivity contribution in [3.05, 3.63) is 17.5 Å². The van der Waals surface area contributed by atoms with Crippen LogP contribution < -0.4 is 0 Å². The van der Waals surface area contributed by atoms with E-state index in [1.165, 1.54) is 11.7 Å². The number of nitrogens with zero attached hydrogens (tertiary/aromatic N) is 3. The number of carbonyl (C=O) groups is 1. The molecule has 0 saturated carbocycles. The van der Waals surface area contributed by atoms with Gasteiger partial charge in [-0.25, -0.2) is 0 Å². The number of rotatable bonds is 1. The summed E-state index contributed by atoms with van der Waals surface area (Å²) < 4.78 is 40.0. The van der Waals surface area contributed by atoms with Gasteiger partial charge < -0.3 is 4.90 Å². The van der Waals surface area contributed by atoms with Crippen LogP contribution >= 0.6 is 0 Å². The van der Waals surface area contributed by atoms with Crippen LogP contribution in [0.1, 0.15) is 63.9 Å². The van der Waals surface area contributed by atoms with Crippen molar-refractivity contribution in [1.82, 2.24) is 14.7 Å². The molecule has 2 rings (SSSR count). The van der Waals surface area contributed by atoms with Crippen molar-refractivity contribution < 1.29 is 18.0 Å². The number of hydrogen-bond acceptors (Lipinski definition) is 2. The number of aromatic nitrogens is 2. The third-order valence-corrected chi connectivity index (χ3v) is 4.20. The van der Waals surface area contributed by atoms with Gasteiger partial charge in [-0.3, -0.25) is 9.48 Å². The van der Waals surface area contributed by atoms with Crippen LogP contribution in [0.3, 0.4) is 0 Å². The molecule has 2 heterocycles. The van der Waals surface area contributed by atoms with Crippen LogP contribution in [0.2, 0.25) is 0 Å². The zero-order valence-corrected chi connectivity index (χ0v) is 14.1. The van der Waals surface area contributed by atoms with Gasteiger partial charge >= 0.3 is 6.18 Å². The Morgan fingerprint density at radius 3 is 2.39 bits per heavy atom. The number of carbonyl (C=O) groups excluding carboxylic acids is 1. The molecule has 4 nitrogen and oxygen atoms in total. The minimum absolute atomic E-state index is 0.0286. The Bertz CT molecular complexity index is 572. The highest BCUT2D eigenvalue weighted by molar-refractivity contribution is 5.82. The average molecular weight is 331 g/mol. The Labute approximate surface area is 134 Å². The Balaban J connectivity index is 2.40. The van der Waals surface area contributed by atoms with Crippen LogP contribution in [0.5, 0.6) is 0 Å². The summed E-state index contributed by atoms with van der Waals surface area (Å²) in [4.78, 5) is 14.5. The van der Waals surface area contributed by atoms with Crippen molar-refractivity contribution in [2.24, 2.45) is 12.5 Å². The van der Waals surface area contributed by atoms with Crippen molar-refractivity contribution in [1.29, 1.82) is 0 Å². The Morgan fingerprint density at radius 2 is 1.87 bits per heavy atom. The minimum atomic E-state index is -4.47. The summed E-state index contributed by atoms with van der Waals surface area (Å²) >= 11 is 0. The lowest BCUT2D eigenvalue weighted by Crippen LogP contribution is -2.42. The van der Waals surface area contributed by atoms with E-state index in [-0.39, 0.29) is 11.9 Å². The zero-order chi connectivity index (χ0) is 17.4. The lowest BCUT2D eigenvalue weighted by Gasteiger charge is -2.35. The third-order valence-electron chi connectivity index (χ3n) is 4.20. The second kappa shape index (κ2) is 6.17. The van der Waals surface area contributed by atoms with Crippen molar-refractivity contribution in [2.45, 2.75) is 58.7 Å². The first kappa shape index (κ1) is 17.8. The molecule has 0 unspecified atom stereocenters. The summed E-state index contributed by atoms with van der Waals surface area (Å²) in [7, 11) is 1.51. The maximum absolute atomic E-state index is 12.9. The Kier molecular flexibility index (Phi) is 4.78. The fourth-order valence-corrected chi connectivity index (χ4v) is 3.02. The lowest BCUT2D eigenvalue weighted by atomic mass is 9.93. The van der Waals surface area contributed by atoms with Crippen LogP contribution in [0, 0.1) is 5.41 Å². The molecule has 1 amide bonds. The summed E-state index contributed by atoms with van der Waals surface area (Å²) in [5.41, 5.74) is -1.01. The molecule has 0 aromatic carbocycles. The van der Waals surface area contributed by atoms with Crippen molar-refractivity contribution in [3.63, 3.8) is 0 Å². The van der Waals surface area contributed by atoms with Gasteiger partial charge in [0.25, 0.3) is 0 Å². The molecule has 0 aliphatic carbocycles. The predicted octanol–water partition coefficient (Wildman–Crippen LogP) is 3.93. The highest BCUT2D eigenvalue weighted by Gasteiger charge is 2.38. The normalized spacial score (nSPS) is 20.5. The van der Waals surface area contributed by atoms with Gasteiger partial charge in [-0.15, -0.1) is 0 Å². The first-order valence-corrected chi connectivity index (χ1v) is 7.94. The molecule has 1 aromatic heterocycles. The van der Waals surface area contributed by atoms with E-state index < -0.39 is 17.3 Å². The number of likely N-dealkylation sites (tertiary alicyclic amines) is 1. The van der Waals surface area contributed by atoms with E-state index in [0.717, 1.165) is 25.3 Å². The molecular formula is C16H24F3N3O. The first-order valence-electron chi connectivity index (χ1n) is 7.94. The SMILES string of the molecule is Cn1nc(C(F)(F)F)cc1[C@@H]1CCCCCN1C(=O)C(C)(C)C. The molecule has 130 valence electrons. The van der Waals surface area contributed by atoms with Crippen molar-refractivity contribution in [3.8, 4) is 0 Å². The number of hydrogen-bond donors (Lipinski definition) is 0. The molecule has 1 atom stereocenters. The maximum Gasteiger partial charge on any atom is 0.435 e. The molecule has 7 heteroatoms. The topological polar surface area (TPSA) is 38.1 Å². The van der Waals surface area contributed by atoms with Gasteiger partial charge in [-0.1, -0.05) is 33.6 Å². The minimum Gasteiger partial charge on any atom is -0.334 e. The fraction of sp³-hybridized carbons (Fsp3) is 0.750. The number of amides is 1. The fourth-order valence-electron chi connectivity index (χ4n) is 3.02. The zero-order valence-electron chi connectivity index (χ0n) is 14.1. The lowest BCUT2D eigenvalue weighted by molar-refractivity contribution is -0.142. The number of aryl methyl sites for hydroxylation is 1. The third kappa shape index (κ3) is 3.87. The molecule has 1 aromatic rings. The average Bonchev–Trinajstić information content (AvgIpc) is 2.66. The molecule has 1 saturated heterocycles. The van der Waals surface area contributed by atoms with Gasteiger partial charge in [0, 0.05) is 19.0 Å². The van der Waals surface area contributed by atoms with Gasteiger partial charge in [0.2, 0.25) is 5.91 Å². The summed E-state index contributed by atoms with van der Waals surface area (Å²) in [5, 5.41) is 3.60.